The normalized spacial score (nSPS) is 13.8. The highest BCUT2D eigenvalue weighted by molar-refractivity contribution is 5.62. The van der Waals surface area contributed by atoms with E-state index >= 15 is 0 Å². The van der Waals surface area contributed by atoms with Gasteiger partial charge in [-0.3, -0.25) is 4.98 Å². The Bertz CT molecular complexity index is 1240. The average Bonchev–Trinajstić information content (AvgIpc) is 3.29. The number of pyridine rings is 1. The van der Waals surface area contributed by atoms with Gasteiger partial charge in [-0.2, -0.15) is 18.2 Å². The molecule has 170 valence electrons. The van der Waals surface area contributed by atoms with Gasteiger partial charge in [0.1, 0.15) is 5.69 Å². The van der Waals surface area contributed by atoms with Crippen molar-refractivity contribution in [2.45, 2.75) is 32.4 Å². The fraction of sp³-hybridized carbons (Fsp3) is 0.261. The molecule has 0 amide bonds. The highest BCUT2D eigenvalue weighted by Crippen LogP contribution is 2.39. The molecule has 33 heavy (non-hydrogen) atoms. The molecule has 1 unspecified atom stereocenters. The third-order valence-electron chi connectivity index (χ3n) is 5.84. The van der Waals surface area contributed by atoms with Crippen LogP contribution in [0.2, 0.25) is 0 Å². The molecule has 0 aliphatic carbocycles. The number of hydrogen-bond acceptors (Lipinski definition) is 7. The number of aromatic nitrogens is 5. The SMILES string of the molecule is CC(C)C(C)(c1ccc(-c2cnc(N)nc2)cc1)c1noc(-c2ccc(C(F)(F)F)nc2)n1. The van der Waals surface area contributed by atoms with Gasteiger partial charge in [-0.05, 0) is 36.1 Å². The van der Waals surface area contributed by atoms with Crippen LogP contribution in [-0.2, 0) is 11.6 Å². The van der Waals surface area contributed by atoms with Gasteiger partial charge >= 0.3 is 6.18 Å². The lowest BCUT2D eigenvalue weighted by molar-refractivity contribution is -0.141. The van der Waals surface area contributed by atoms with Gasteiger partial charge in [-0.25, -0.2) is 9.97 Å². The molecule has 0 saturated carbocycles. The molecule has 10 heteroatoms. The molecule has 0 saturated heterocycles. The third kappa shape index (κ3) is 4.28. The predicted octanol–water partition coefficient (Wildman–Crippen LogP) is 5.15. The Hall–Kier alpha value is -3.82. The van der Waals surface area contributed by atoms with Crippen molar-refractivity contribution in [1.82, 2.24) is 25.1 Å². The topological polar surface area (TPSA) is 104 Å². The van der Waals surface area contributed by atoms with Crippen LogP contribution >= 0.6 is 0 Å². The Morgan fingerprint density at radius 1 is 0.848 bits per heavy atom. The maximum absolute atomic E-state index is 12.8. The standard InChI is InChI=1S/C23H21F3N6O/c1-13(2)22(3,17-7-4-14(5-8-17)16-11-29-21(27)30-12-16)20-31-19(33-32-20)15-6-9-18(28-10-15)23(24,25)26/h4-13H,1-3H3,(H2,27,29,30). The molecule has 0 aliphatic rings. The molecule has 1 aromatic carbocycles. The molecule has 1 atom stereocenters. The Morgan fingerprint density at radius 3 is 2.00 bits per heavy atom. The summed E-state index contributed by atoms with van der Waals surface area (Å²) in [7, 11) is 0. The predicted molar refractivity (Wildman–Crippen MR) is 116 cm³/mol. The first kappa shape index (κ1) is 22.4. The minimum absolute atomic E-state index is 0.0828. The molecule has 3 heterocycles. The number of anilines is 1. The number of nitrogen functional groups attached to an aromatic ring is 1. The van der Waals surface area contributed by atoms with E-state index < -0.39 is 17.3 Å². The van der Waals surface area contributed by atoms with Crippen LogP contribution in [-0.4, -0.2) is 25.1 Å². The van der Waals surface area contributed by atoms with Gasteiger partial charge in [0.25, 0.3) is 5.89 Å². The highest BCUT2D eigenvalue weighted by Gasteiger charge is 2.38. The zero-order valence-corrected chi connectivity index (χ0v) is 18.1. The molecular formula is C23H21F3N6O. The summed E-state index contributed by atoms with van der Waals surface area (Å²) < 4.78 is 43.7. The van der Waals surface area contributed by atoms with Gasteiger partial charge in [-0.1, -0.05) is 43.3 Å². The van der Waals surface area contributed by atoms with E-state index in [-0.39, 0.29) is 17.8 Å². The van der Waals surface area contributed by atoms with Crippen molar-refractivity contribution >= 4 is 5.95 Å². The van der Waals surface area contributed by atoms with Crippen LogP contribution in [0.1, 0.15) is 37.9 Å². The van der Waals surface area contributed by atoms with Gasteiger partial charge in [0.2, 0.25) is 5.95 Å². The monoisotopic (exact) mass is 454 g/mol. The fourth-order valence-corrected chi connectivity index (χ4v) is 3.46. The number of benzene rings is 1. The number of hydrogen-bond donors (Lipinski definition) is 1. The molecular weight excluding hydrogens is 433 g/mol. The lowest BCUT2D eigenvalue weighted by atomic mass is 9.72. The third-order valence-corrected chi connectivity index (χ3v) is 5.84. The first-order chi connectivity index (χ1) is 15.6. The van der Waals surface area contributed by atoms with E-state index in [1.807, 2.05) is 45.0 Å². The molecule has 4 rings (SSSR count). The quantitative estimate of drug-likeness (QED) is 0.445. The second-order valence-corrected chi connectivity index (χ2v) is 8.12. The van der Waals surface area contributed by atoms with E-state index in [0.717, 1.165) is 29.0 Å². The lowest BCUT2D eigenvalue weighted by Crippen LogP contribution is -2.31. The summed E-state index contributed by atoms with van der Waals surface area (Å²) in [6.45, 7) is 6.08. The van der Waals surface area contributed by atoms with Gasteiger partial charge in [-0.15, -0.1) is 0 Å². The number of nitrogens with zero attached hydrogens (tertiary/aromatic N) is 5. The maximum atomic E-state index is 12.8. The van der Waals surface area contributed by atoms with E-state index in [4.69, 9.17) is 10.3 Å². The summed E-state index contributed by atoms with van der Waals surface area (Å²) >= 11 is 0. The molecule has 0 spiro atoms. The Morgan fingerprint density at radius 2 is 1.45 bits per heavy atom. The van der Waals surface area contributed by atoms with Gasteiger partial charge < -0.3 is 10.3 Å². The van der Waals surface area contributed by atoms with Crippen LogP contribution in [0.25, 0.3) is 22.6 Å². The highest BCUT2D eigenvalue weighted by atomic mass is 19.4. The van der Waals surface area contributed by atoms with Crippen LogP contribution in [0.4, 0.5) is 19.1 Å². The van der Waals surface area contributed by atoms with Crippen LogP contribution in [0.15, 0.2) is 59.5 Å². The molecule has 0 fully saturated rings. The molecule has 0 bridgehead atoms. The molecule has 2 N–H and O–H groups in total. The molecule has 0 aliphatic heterocycles. The van der Waals surface area contributed by atoms with Gasteiger partial charge in [0.15, 0.2) is 5.82 Å². The van der Waals surface area contributed by atoms with Crippen molar-refractivity contribution in [3.05, 3.63) is 72.1 Å². The van der Waals surface area contributed by atoms with Gasteiger partial charge in [0, 0.05) is 24.2 Å². The van der Waals surface area contributed by atoms with E-state index in [1.165, 1.54) is 6.07 Å². The number of nitrogens with two attached hydrogens (primary N) is 1. The minimum atomic E-state index is -4.51. The van der Waals surface area contributed by atoms with Crippen molar-refractivity contribution < 1.29 is 17.7 Å². The number of halogens is 3. The molecule has 3 aromatic heterocycles. The Labute approximate surface area is 187 Å². The van der Waals surface area contributed by atoms with E-state index in [0.29, 0.717) is 11.4 Å². The summed E-state index contributed by atoms with van der Waals surface area (Å²) in [6.07, 6.45) is -0.124. The van der Waals surface area contributed by atoms with E-state index in [2.05, 4.69) is 25.1 Å². The molecule has 0 radical (unpaired) electrons. The second kappa shape index (κ2) is 8.27. The minimum Gasteiger partial charge on any atom is -0.368 e. The smallest absolute Gasteiger partial charge is 0.368 e. The zero-order valence-electron chi connectivity index (χ0n) is 18.1. The summed E-state index contributed by atoms with van der Waals surface area (Å²) in [4.78, 5) is 16.0. The molecule has 4 aromatic rings. The maximum Gasteiger partial charge on any atom is 0.433 e. The van der Waals surface area contributed by atoms with Crippen molar-refractivity contribution in [2.75, 3.05) is 5.73 Å². The van der Waals surface area contributed by atoms with Crippen molar-refractivity contribution in [1.29, 1.82) is 0 Å². The largest absolute Gasteiger partial charge is 0.433 e. The van der Waals surface area contributed by atoms with Crippen LogP contribution < -0.4 is 5.73 Å². The van der Waals surface area contributed by atoms with E-state index in [1.54, 1.807) is 12.4 Å². The number of alkyl halides is 3. The van der Waals surface area contributed by atoms with Crippen LogP contribution in [0, 0.1) is 5.92 Å². The van der Waals surface area contributed by atoms with Crippen molar-refractivity contribution in [3.63, 3.8) is 0 Å². The fourth-order valence-electron chi connectivity index (χ4n) is 3.46. The van der Waals surface area contributed by atoms with Crippen LogP contribution in [0.3, 0.4) is 0 Å². The summed E-state index contributed by atoms with van der Waals surface area (Å²) in [6, 6.07) is 10.0. The average molecular weight is 454 g/mol. The Kier molecular flexibility index (Phi) is 5.61. The second-order valence-electron chi connectivity index (χ2n) is 8.12. The lowest BCUT2D eigenvalue weighted by Gasteiger charge is -2.31. The zero-order chi connectivity index (χ0) is 23.8. The van der Waals surface area contributed by atoms with Crippen molar-refractivity contribution in [2.24, 2.45) is 5.92 Å². The van der Waals surface area contributed by atoms with E-state index in [9.17, 15) is 13.2 Å². The first-order valence-corrected chi connectivity index (χ1v) is 10.2. The van der Waals surface area contributed by atoms with Gasteiger partial charge in [0.05, 0.1) is 11.0 Å². The summed E-state index contributed by atoms with van der Waals surface area (Å²) in [5.74, 6) is 0.822. The summed E-state index contributed by atoms with van der Waals surface area (Å²) in [5, 5.41) is 4.15. The Balaban J connectivity index is 1.66. The van der Waals surface area contributed by atoms with Crippen LogP contribution in [0.5, 0.6) is 0 Å². The molecule has 7 nitrogen and oxygen atoms in total. The first-order valence-electron chi connectivity index (χ1n) is 10.2. The number of rotatable bonds is 5. The summed E-state index contributed by atoms with van der Waals surface area (Å²) in [5.41, 5.74) is 6.98. The van der Waals surface area contributed by atoms with Crippen molar-refractivity contribution in [3.8, 4) is 22.6 Å².